The molecule has 0 aromatic heterocycles. The highest BCUT2D eigenvalue weighted by atomic mass is 35.5. The van der Waals surface area contributed by atoms with Gasteiger partial charge in [0.05, 0.1) is 0 Å². The Hall–Kier alpha value is -2.87. The van der Waals surface area contributed by atoms with Crippen molar-refractivity contribution in [2.45, 2.75) is 26.5 Å². The summed E-state index contributed by atoms with van der Waals surface area (Å²) in [5.74, 6) is -0.900. The van der Waals surface area contributed by atoms with Crippen molar-refractivity contribution in [2.75, 3.05) is 4.31 Å². The van der Waals surface area contributed by atoms with Gasteiger partial charge in [-0.1, -0.05) is 67.9 Å². The van der Waals surface area contributed by atoms with Gasteiger partial charge in [-0.2, -0.15) is 0 Å². The second-order valence-corrected chi connectivity index (χ2v) is 8.76. The van der Waals surface area contributed by atoms with Gasteiger partial charge in [0, 0.05) is 27.5 Å². The van der Waals surface area contributed by atoms with Crippen molar-refractivity contribution in [3.05, 3.63) is 83.4 Å². The molecule has 3 aromatic rings. The number of ether oxygens (including phenoxy) is 1. The van der Waals surface area contributed by atoms with Gasteiger partial charge in [-0.25, -0.2) is 4.79 Å². The SMILES string of the molecule is CC(C)C(C(=O)O)N(c1ccc(-c2ccc(OCc3ccccc3Cl)cc2)cc1)S(=O)[O-]. The highest BCUT2D eigenvalue weighted by molar-refractivity contribution is 7.80. The Kier molecular flexibility index (Phi) is 7.90. The summed E-state index contributed by atoms with van der Waals surface area (Å²) in [6, 6.07) is 20.5. The average molecular weight is 473 g/mol. The summed E-state index contributed by atoms with van der Waals surface area (Å²) in [6.45, 7) is 3.70. The fourth-order valence-corrected chi connectivity index (χ4v) is 4.32. The molecule has 0 heterocycles. The number of rotatable bonds is 9. The molecule has 168 valence electrons. The largest absolute Gasteiger partial charge is 0.755 e. The molecule has 0 aliphatic rings. The van der Waals surface area contributed by atoms with E-state index in [4.69, 9.17) is 16.3 Å². The van der Waals surface area contributed by atoms with E-state index in [9.17, 15) is 18.7 Å². The van der Waals surface area contributed by atoms with Crippen molar-refractivity contribution in [3.8, 4) is 16.9 Å². The molecular formula is C24H23ClNO5S-. The van der Waals surface area contributed by atoms with E-state index in [2.05, 4.69) is 0 Å². The van der Waals surface area contributed by atoms with Crippen molar-refractivity contribution in [1.29, 1.82) is 0 Å². The van der Waals surface area contributed by atoms with Crippen molar-refractivity contribution in [2.24, 2.45) is 5.92 Å². The molecule has 1 N–H and O–H groups in total. The van der Waals surface area contributed by atoms with Crippen LogP contribution in [0.5, 0.6) is 5.75 Å². The number of benzene rings is 3. The quantitative estimate of drug-likeness (QED) is 0.427. The van der Waals surface area contributed by atoms with E-state index in [1.165, 1.54) is 0 Å². The fraction of sp³-hybridized carbons (Fsp3) is 0.208. The van der Waals surface area contributed by atoms with Crippen LogP contribution in [0.4, 0.5) is 5.69 Å². The molecule has 8 heteroatoms. The molecule has 0 spiro atoms. The Balaban J connectivity index is 1.74. The van der Waals surface area contributed by atoms with Crippen molar-refractivity contribution < 1.29 is 23.4 Å². The van der Waals surface area contributed by atoms with E-state index in [0.29, 0.717) is 23.1 Å². The summed E-state index contributed by atoms with van der Waals surface area (Å²) in [6.07, 6.45) is 0. The van der Waals surface area contributed by atoms with Crippen LogP contribution in [0.15, 0.2) is 72.8 Å². The predicted molar refractivity (Wildman–Crippen MR) is 125 cm³/mol. The van der Waals surface area contributed by atoms with E-state index in [1.807, 2.05) is 48.5 Å². The summed E-state index contributed by atoms with van der Waals surface area (Å²) in [4.78, 5) is 11.6. The highest BCUT2D eigenvalue weighted by Gasteiger charge is 2.30. The highest BCUT2D eigenvalue weighted by Crippen LogP contribution is 2.28. The van der Waals surface area contributed by atoms with Gasteiger partial charge in [-0.15, -0.1) is 0 Å². The van der Waals surface area contributed by atoms with Gasteiger partial charge in [-0.05, 0) is 47.4 Å². The van der Waals surface area contributed by atoms with Crippen molar-refractivity contribution in [1.82, 2.24) is 0 Å². The minimum absolute atomic E-state index is 0.294. The zero-order valence-corrected chi connectivity index (χ0v) is 19.2. The third-order valence-electron chi connectivity index (χ3n) is 4.96. The maximum Gasteiger partial charge on any atom is 0.327 e. The molecule has 0 aliphatic heterocycles. The maximum atomic E-state index is 11.8. The van der Waals surface area contributed by atoms with Crippen LogP contribution >= 0.6 is 11.6 Å². The molecule has 0 radical (unpaired) electrons. The first-order valence-electron chi connectivity index (χ1n) is 9.96. The first kappa shape index (κ1) is 23.8. The van der Waals surface area contributed by atoms with Crippen LogP contribution in [0.1, 0.15) is 19.4 Å². The number of anilines is 1. The Morgan fingerprint density at radius 1 is 1.03 bits per heavy atom. The molecule has 0 saturated heterocycles. The molecule has 2 atom stereocenters. The standard InChI is InChI=1S/C24H24ClNO5S/c1-16(2)23(24(27)28)26(32(29)30)20-11-7-17(8-12-20)18-9-13-21(14-10-18)31-15-19-5-3-4-6-22(19)25/h3-14,16,23H,15H2,1-2H3,(H,27,28)(H,29,30)/p-1. The third-order valence-corrected chi connectivity index (χ3v) is 6.09. The third kappa shape index (κ3) is 5.68. The zero-order valence-electron chi connectivity index (χ0n) is 17.6. The molecule has 0 saturated carbocycles. The Morgan fingerprint density at radius 3 is 2.09 bits per heavy atom. The molecule has 3 aromatic carbocycles. The van der Waals surface area contributed by atoms with Gasteiger partial charge in [0.15, 0.2) is 0 Å². The Bertz CT molecular complexity index is 1090. The van der Waals surface area contributed by atoms with Crippen LogP contribution in [0, 0.1) is 5.92 Å². The molecule has 0 fully saturated rings. The molecule has 0 amide bonds. The first-order chi connectivity index (χ1) is 15.3. The molecule has 0 aliphatic carbocycles. The number of carboxylic acid groups (broad SMARTS) is 1. The summed E-state index contributed by atoms with van der Waals surface area (Å²) < 4.78 is 30.2. The Morgan fingerprint density at radius 2 is 1.59 bits per heavy atom. The summed E-state index contributed by atoms with van der Waals surface area (Å²) >= 11 is 3.43. The van der Waals surface area contributed by atoms with Crippen LogP contribution in [-0.4, -0.2) is 25.9 Å². The van der Waals surface area contributed by atoms with Gasteiger partial charge >= 0.3 is 5.97 Å². The zero-order chi connectivity index (χ0) is 23.3. The van der Waals surface area contributed by atoms with Crippen molar-refractivity contribution in [3.63, 3.8) is 0 Å². The van der Waals surface area contributed by atoms with E-state index in [1.54, 1.807) is 38.1 Å². The topological polar surface area (TPSA) is 89.9 Å². The number of carboxylic acids is 1. The number of nitrogens with zero attached hydrogens (tertiary/aromatic N) is 1. The molecule has 6 nitrogen and oxygen atoms in total. The lowest BCUT2D eigenvalue weighted by Crippen LogP contribution is -2.45. The number of hydrogen-bond donors (Lipinski definition) is 1. The summed E-state index contributed by atoms with van der Waals surface area (Å²) in [5.41, 5.74) is 2.97. The lowest BCUT2D eigenvalue weighted by Gasteiger charge is -2.34. The van der Waals surface area contributed by atoms with E-state index < -0.39 is 29.2 Å². The van der Waals surface area contributed by atoms with E-state index in [0.717, 1.165) is 21.0 Å². The molecule has 2 unspecified atom stereocenters. The number of hydrogen-bond acceptors (Lipinski definition) is 4. The minimum Gasteiger partial charge on any atom is -0.755 e. The predicted octanol–water partition coefficient (Wildman–Crippen LogP) is 5.30. The smallest absolute Gasteiger partial charge is 0.327 e. The van der Waals surface area contributed by atoms with Gasteiger partial charge in [-0.3, -0.25) is 8.51 Å². The number of halogens is 1. The Labute approximate surface area is 194 Å². The monoisotopic (exact) mass is 472 g/mol. The van der Waals surface area contributed by atoms with Gasteiger partial charge in [0.1, 0.15) is 18.4 Å². The van der Waals surface area contributed by atoms with Crippen LogP contribution in [0.2, 0.25) is 5.02 Å². The maximum absolute atomic E-state index is 11.8. The van der Waals surface area contributed by atoms with Crippen LogP contribution < -0.4 is 9.04 Å². The summed E-state index contributed by atoms with van der Waals surface area (Å²) in [5, 5.41) is 10.1. The second-order valence-electron chi connectivity index (χ2n) is 7.52. The van der Waals surface area contributed by atoms with Gasteiger partial charge in [0.25, 0.3) is 0 Å². The van der Waals surface area contributed by atoms with Crippen LogP contribution in [-0.2, 0) is 22.7 Å². The average Bonchev–Trinajstić information content (AvgIpc) is 2.76. The van der Waals surface area contributed by atoms with E-state index in [-0.39, 0.29) is 0 Å². The molecular weight excluding hydrogens is 450 g/mol. The fourth-order valence-electron chi connectivity index (χ4n) is 3.32. The van der Waals surface area contributed by atoms with Gasteiger partial charge < -0.3 is 14.4 Å². The van der Waals surface area contributed by atoms with Gasteiger partial charge in [0.2, 0.25) is 0 Å². The first-order valence-corrected chi connectivity index (χ1v) is 11.4. The lowest BCUT2D eigenvalue weighted by molar-refractivity contribution is -0.139. The van der Waals surface area contributed by atoms with Crippen LogP contribution in [0.3, 0.4) is 0 Å². The molecule has 3 rings (SSSR count). The molecule has 32 heavy (non-hydrogen) atoms. The number of aliphatic carboxylic acids is 1. The normalized spacial score (nSPS) is 12.9. The second kappa shape index (κ2) is 10.6. The minimum atomic E-state index is -2.72. The lowest BCUT2D eigenvalue weighted by atomic mass is 10.0. The van der Waals surface area contributed by atoms with Crippen molar-refractivity contribution >= 4 is 34.5 Å². The molecule has 0 bridgehead atoms. The van der Waals surface area contributed by atoms with E-state index >= 15 is 0 Å². The number of carbonyl (C=O) groups is 1. The van der Waals surface area contributed by atoms with Crippen LogP contribution in [0.25, 0.3) is 11.1 Å². The summed E-state index contributed by atoms with van der Waals surface area (Å²) in [7, 11) is 0.